The van der Waals surface area contributed by atoms with Crippen LogP contribution in [0, 0.1) is 11.3 Å². The number of aliphatic carboxylic acids is 1. The summed E-state index contributed by atoms with van der Waals surface area (Å²) in [6.07, 6.45) is -0.279. The van der Waals surface area contributed by atoms with Gasteiger partial charge in [0.25, 0.3) is 5.91 Å². The largest absolute Gasteiger partial charge is 0.489 e. The lowest BCUT2D eigenvalue weighted by Gasteiger charge is -2.37. The van der Waals surface area contributed by atoms with Gasteiger partial charge in [0.2, 0.25) is 5.91 Å². The van der Waals surface area contributed by atoms with Gasteiger partial charge in [0.15, 0.2) is 17.6 Å². The molecular weight excluding hydrogens is 811 g/mol. The van der Waals surface area contributed by atoms with Gasteiger partial charge >= 0.3 is 5.97 Å². The van der Waals surface area contributed by atoms with E-state index < -0.39 is 36.0 Å². The first-order valence-electron chi connectivity index (χ1n) is 18.6. The average Bonchev–Trinajstić information content (AvgIpc) is 3.81. The number of carbonyl (C=O) groups is 3. The van der Waals surface area contributed by atoms with Crippen LogP contribution in [0.2, 0.25) is 10.0 Å². The number of aromatic nitrogens is 1. The second-order valence-electron chi connectivity index (χ2n) is 14.1. The molecule has 2 aliphatic rings. The highest BCUT2D eigenvalue weighted by atomic mass is 35.5. The van der Waals surface area contributed by atoms with E-state index in [4.69, 9.17) is 42.7 Å². The minimum absolute atomic E-state index is 0.0202. The van der Waals surface area contributed by atoms with Gasteiger partial charge in [0, 0.05) is 24.8 Å². The van der Waals surface area contributed by atoms with Crippen molar-refractivity contribution in [2.75, 3.05) is 6.61 Å². The Morgan fingerprint density at radius 3 is 2.31 bits per heavy atom. The van der Waals surface area contributed by atoms with Crippen LogP contribution < -0.4 is 19.5 Å². The number of fused-ring (bicyclic) bond motifs is 2. The number of hydrogen-bond donors (Lipinski definition) is 2. The fourth-order valence-corrected chi connectivity index (χ4v) is 7.92. The summed E-state index contributed by atoms with van der Waals surface area (Å²) < 4.78 is 18.6. The lowest BCUT2D eigenvalue weighted by atomic mass is 9.91. The van der Waals surface area contributed by atoms with E-state index >= 15 is 0 Å². The molecule has 0 radical (unpaired) electrons. The molecule has 0 aliphatic carbocycles. The molecule has 2 N–H and O–H groups in total. The monoisotopic (exact) mass is 844 g/mol. The van der Waals surface area contributed by atoms with Gasteiger partial charge in [-0.2, -0.15) is 5.26 Å². The van der Waals surface area contributed by atoms with Crippen molar-refractivity contribution in [3.63, 3.8) is 0 Å². The van der Waals surface area contributed by atoms with Gasteiger partial charge in [-0.05, 0) is 87.5 Å². The van der Waals surface area contributed by atoms with E-state index in [0.29, 0.717) is 45.0 Å². The second-order valence-corrected chi connectivity index (χ2v) is 15.6. The Hall–Kier alpha value is -6.39. The van der Waals surface area contributed by atoms with Crippen LogP contribution in [0.1, 0.15) is 50.0 Å². The first-order chi connectivity index (χ1) is 28.6. The number of nitriles is 1. The third-order valence-corrected chi connectivity index (χ3v) is 11.6. The molecule has 3 atom stereocenters. The molecule has 0 fully saturated rings. The number of nitrogens with one attached hydrogen (secondary N) is 1. The normalized spacial score (nSPS) is 16.0. The van der Waals surface area contributed by atoms with E-state index in [-0.39, 0.29) is 31.7 Å². The smallest absolute Gasteiger partial charge is 0.326 e. The molecule has 59 heavy (non-hydrogen) atoms. The number of hydrogen-bond acceptors (Lipinski definition) is 9. The van der Waals surface area contributed by atoms with Gasteiger partial charge in [-0.15, -0.1) is 11.3 Å². The summed E-state index contributed by atoms with van der Waals surface area (Å²) in [4.78, 5) is 46.1. The number of halogens is 2. The maximum absolute atomic E-state index is 14.1. The van der Waals surface area contributed by atoms with Crippen molar-refractivity contribution < 1.29 is 33.7 Å². The maximum Gasteiger partial charge on any atom is 0.326 e. The molecule has 8 rings (SSSR count). The van der Waals surface area contributed by atoms with Gasteiger partial charge < -0.3 is 29.5 Å². The summed E-state index contributed by atoms with van der Waals surface area (Å²) in [5.74, 6) is -0.577. The number of nitrogens with zero attached hydrogens (tertiary/aromatic N) is 3. The van der Waals surface area contributed by atoms with E-state index in [0.717, 1.165) is 33.4 Å². The third-order valence-electron chi connectivity index (χ3n) is 10.3. The molecule has 0 saturated heterocycles. The van der Waals surface area contributed by atoms with Crippen LogP contribution in [0.5, 0.6) is 17.2 Å². The predicted molar refractivity (Wildman–Crippen MR) is 222 cm³/mol. The van der Waals surface area contributed by atoms with Crippen LogP contribution in [0.25, 0.3) is 11.1 Å². The molecule has 0 bridgehead atoms. The lowest BCUT2D eigenvalue weighted by molar-refractivity contribution is -0.142. The quantitative estimate of drug-likeness (QED) is 0.131. The molecule has 2 aliphatic heterocycles. The van der Waals surface area contributed by atoms with Gasteiger partial charge in [0.05, 0.1) is 27.2 Å². The fraction of sp³-hybridized carbons (Fsp3) is 0.178. The van der Waals surface area contributed by atoms with Crippen molar-refractivity contribution >= 4 is 52.3 Å². The van der Waals surface area contributed by atoms with Crippen LogP contribution in [-0.2, 0) is 35.6 Å². The minimum atomic E-state index is -1.26. The van der Waals surface area contributed by atoms with Crippen molar-refractivity contribution in [1.29, 1.82) is 5.26 Å². The van der Waals surface area contributed by atoms with E-state index in [1.165, 1.54) is 16.2 Å². The molecule has 3 unspecified atom stereocenters. The Labute approximate surface area is 353 Å². The van der Waals surface area contributed by atoms with E-state index in [2.05, 4.69) is 16.4 Å². The highest BCUT2D eigenvalue weighted by Gasteiger charge is 2.38. The second kappa shape index (κ2) is 17.2. The van der Waals surface area contributed by atoms with Crippen LogP contribution in [-0.4, -0.2) is 51.5 Å². The molecule has 0 spiro atoms. The zero-order chi connectivity index (χ0) is 41.0. The summed E-state index contributed by atoms with van der Waals surface area (Å²) >= 11 is 13.4. The predicted octanol–water partition coefficient (Wildman–Crippen LogP) is 8.46. The summed E-state index contributed by atoms with van der Waals surface area (Å²) in [5, 5.41) is 24.6. The zero-order valence-corrected chi connectivity index (χ0v) is 33.5. The Bertz CT molecular complexity index is 2560. The Morgan fingerprint density at radius 1 is 0.915 bits per heavy atom. The Morgan fingerprint density at radius 2 is 1.63 bits per heavy atom. The molecule has 3 heterocycles. The molecule has 14 heteroatoms. The van der Waals surface area contributed by atoms with Crippen molar-refractivity contribution in [2.45, 2.75) is 44.2 Å². The van der Waals surface area contributed by atoms with Crippen molar-refractivity contribution in [2.24, 2.45) is 0 Å². The number of rotatable bonds is 11. The van der Waals surface area contributed by atoms with Crippen molar-refractivity contribution in [1.82, 2.24) is 15.2 Å². The third kappa shape index (κ3) is 8.88. The van der Waals surface area contributed by atoms with Crippen LogP contribution in [0.4, 0.5) is 0 Å². The van der Waals surface area contributed by atoms with Crippen LogP contribution in [0.3, 0.4) is 0 Å². The van der Waals surface area contributed by atoms with Crippen LogP contribution in [0.15, 0.2) is 114 Å². The van der Waals surface area contributed by atoms with Crippen LogP contribution >= 0.6 is 34.5 Å². The topological polar surface area (TPSA) is 151 Å². The summed E-state index contributed by atoms with van der Waals surface area (Å²) in [6, 6.07) is 30.9. The highest BCUT2D eigenvalue weighted by molar-refractivity contribution is 7.07. The molecule has 296 valence electrons. The minimum Gasteiger partial charge on any atom is -0.489 e. The maximum atomic E-state index is 14.1. The molecule has 6 aromatic rings. The molecule has 2 amide bonds. The molecule has 0 saturated carbocycles. The van der Waals surface area contributed by atoms with Gasteiger partial charge in [0.1, 0.15) is 36.7 Å². The SMILES string of the molecule is N#Cc1ccc(-c2ccc(CC(NC(=O)C3Cc4cc5c(cc4CN3C(=O)c3cscn3)OC(c3ccc(OCc4ccc(Cl)c(Cl)c4)cc3)CO5)C(=O)O)cc2)cc1. The molecule has 5 aromatic carbocycles. The first-order valence-corrected chi connectivity index (χ1v) is 20.3. The van der Waals surface area contributed by atoms with E-state index in [1.54, 1.807) is 35.2 Å². The number of ether oxygens (including phenoxy) is 3. The average molecular weight is 846 g/mol. The van der Waals surface area contributed by atoms with E-state index in [1.807, 2.05) is 78.9 Å². The fourth-order valence-electron chi connectivity index (χ4n) is 7.08. The number of amides is 2. The molecular formula is C45H34Cl2N4O7S. The number of carbonyl (C=O) groups excluding carboxylic acids is 2. The van der Waals surface area contributed by atoms with Gasteiger partial charge in [-0.3, -0.25) is 9.59 Å². The van der Waals surface area contributed by atoms with Gasteiger partial charge in [-0.1, -0.05) is 77.8 Å². The summed E-state index contributed by atoms with van der Waals surface area (Å²) in [6.45, 7) is 0.618. The molecule has 1 aromatic heterocycles. The highest BCUT2D eigenvalue weighted by Crippen LogP contribution is 2.41. The Kier molecular flexibility index (Phi) is 11.5. The summed E-state index contributed by atoms with van der Waals surface area (Å²) in [7, 11) is 0. The number of thiazole rings is 1. The number of benzene rings is 5. The zero-order valence-electron chi connectivity index (χ0n) is 31.1. The number of carboxylic acid groups (broad SMARTS) is 1. The first kappa shape index (κ1) is 39.4. The summed E-state index contributed by atoms with van der Waals surface area (Å²) in [5.41, 5.74) is 8.11. The Balaban J connectivity index is 0.964. The van der Waals surface area contributed by atoms with Gasteiger partial charge in [-0.25, -0.2) is 9.78 Å². The van der Waals surface area contributed by atoms with E-state index in [9.17, 15) is 19.5 Å². The lowest BCUT2D eigenvalue weighted by Crippen LogP contribution is -2.56. The molecule has 11 nitrogen and oxygen atoms in total. The van der Waals surface area contributed by atoms with Crippen molar-refractivity contribution in [3.8, 4) is 34.4 Å². The standard InChI is InChI=1S/C45H34Cl2N4O7S/c46-35-14-5-28(15-36(35)47)22-56-34-12-10-31(11-13-34)42-23-57-40-18-32-17-39(51(21-33(32)19-41(40)58-42)44(53)38-24-59-25-49-38)43(52)50-37(45(54)55)16-26-1-6-29(7-2-26)30-8-3-27(20-48)4-9-30/h1-15,18-19,24-25,37,39,42H,16-17,21-23H2,(H,50,52)(H,54,55). The number of carboxylic acids is 1. The van der Waals surface area contributed by atoms with Crippen molar-refractivity contribution in [3.05, 3.63) is 163 Å².